The van der Waals surface area contributed by atoms with E-state index in [0.29, 0.717) is 32.3 Å². The predicted octanol–water partition coefficient (Wildman–Crippen LogP) is 1.93. The van der Waals surface area contributed by atoms with Gasteiger partial charge in [-0.25, -0.2) is 0 Å². The van der Waals surface area contributed by atoms with E-state index in [4.69, 9.17) is 18.9 Å². The fourth-order valence-corrected chi connectivity index (χ4v) is 7.07. The minimum absolute atomic E-state index is 0.0347. The van der Waals surface area contributed by atoms with Crippen LogP contribution in [-0.2, 0) is 42.9 Å². The van der Waals surface area contributed by atoms with Crippen LogP contribution in [-0.4, -0.2) is 107 Å². The normalized spacial score (nSPS) is 36.7. The molecule has 13 nitrogen and oxygen atoms in total. The van der Waals surface area contributed by atoms with Crippen molar-refractivity contribution < 1.29 is 48.0 Å². The van der Waals surface area contributed by atoms with Crippen molar-refractivity contribution in [1.82, 2.24) is 15.5 Å². The van der Waals surface area contributed by atoms with Gasteiger partial charge in [0.2, 0.25) is 11.8 Å². The summed E-state index contributed by atoms with van der Waals surface area (Å²) in [6.07, 6.45) is 11.6. The van der Waals surface area contributed by atoms with Crippen molar-refractivity contribution in [2.45, 2.75) is 133 Å². The predicted molar refractivity (Wildman–Crippen MR) is 176 cm³/mol. The standard InChI is InChI=1S/C36H49N3O10/c1-20(6-9-29-21(2)14-28(23(4)48-29)38-31(41)11-8-22(3)47-24(5)40)7-10-30-35(45)36(19-46-36)18-27(49-30)17-32(42)37-25-15-26(16-25)39-33(43)12-13-34(39)44/h6-8,10-13,21-23,25-30,35,45H,9,14-19H2,1-5H3,(H,37,42)(H,38,41)/b10-7+,11-8-,20-6+/t21-,22-,23+,25-,26-,27+,28+,29-,30+,35+,36+/m0/s1. The van der Waals surface area contributed by atoms with E-state index in [0.717, 1.165) is 12.0 Å². The number of epoxide rings is 1. The molecule has 268 valence electrons. The number of hydrogen-bond acceptors (Lipinski definition) is 10. The van der Waals surface area contributed by atoms with E-state index in [2.05, 4.69) is 23.6 Å². The summed E-state index contributed by atoms with van der Waals surface area (Å²) in [4.78, 5) is 61.4. The van der Waals surface area contributed by atoms with Crippen LogP contribution >= 0.6 is 0 Å². The summed E-state index contributed by atoms with van der Waals surface area (Å²) in [7, 11) is 0. The Morgan fingerprint density at radius 2 is 1.78 bits per heavy atom. The van der Waals surface area contributed by atoms with Crippen molar-refractivity contribution in [3.05, 3.63) is 48.1 Å². The average molecular weight is 684 g/mol. The van der Waals surface area contributed by atoms with E-state index in [-0.39, 0.29) is 66.3 Å². The quantitative estimate of drug-likeness (QED) is 0.0908. The molecular formula is C36H49N3O10. The SMILES string of the molecule is CC(=O)O[C@@H](C)/C=C\C(=O)N[C@@H]1C[C@H](C)[C@H](C/C=C(C)/C=C/[C@H]2O[C@H](CC(=O)N[C@H]3C[C@H](N4C(=O)C=CC4=O)C3)C[C@@]3(CO3)[C@@H]2O)O[C@@H]1C. The highest BCUT2D eigenvalue weighted by Crippen LogP contribution is 2.43. The summed E-state index contributed by atoms with van der Waals surface area (Å²) >= 11 is 0. The van der Waals surface area contributed by atoms with Gasteiger partial charge in [0.1, 0.15) is 23.9 Å². The molecule has 0 aromatic rings. The van der Waals surface area contributed by atoms with E-state index in [1.54, 1.807) is 13.0 Å². The number of nitrogens with one attached hydrogen (secondary N) is 2. The maximum Gasteiger partial charge on any atom is 0.303 e. The van der Waals surface area contributed by atoms with Crippen LogP contribution in [0.15, 0.2) is 48.1 Å². The molecule has 49 heavy (non-hydrogen) atoms. The van der Waals surface area contributed by atoms with Gasteiger partial charge in [-0.15, -0.1) is 0 Å². The van der Waals surface area contributed by atoms with Gasteiger partial charge in [-0.2, -0.15) is 0 Å². The molecule has 1 spiro atoms. The van der Waals surface area contributed by atoms with E-state index in [1.165, 1.54) is 30.1 Å². The monoisotopic (exact) mass is 683 g/mol. The largest absolute Gasteiger partial charge is 0.459 e. The topological polar surface area (TPSA) is 173 Å². The summed E-state index contributed by atoms with van der Waals surface area (Å²) in [5.41, 5.74) is 0.252. The van der Waals surface area contributed by atoms with Crippen molar-refractivity contribution in [1.29, 1.82) is 0 Å². The Hall–Kier alpha value is -3.65. The Morgan fingerprint density at radius 3 is 2.43 bits per heavy atom. The fourth-order valence-electron chi connectivity index (χ4n) is 7.07. The van der Waals surface area contributed by atoms with Crippen molar-refractivity contribution >= 4 is 29.6 Å². The van der Waals surface area contributed by atoms with Crippen LogP contribution in [0, 0.1) is 5.92 Å². The molecule has 0 aromatic heterocycles. The summed E-state index contributed by atoms with van der Waals surface area (Å²) in [6.45, 7) is 9.43. The van der Waals surface area contributed by atoms with Crippen LogP contribution in [0.2, 0.25) is 0 Å². The number of esters is 1. The summed E-state index contributed by atoms with van der Waals surface area (Å²) in [5, 5.41) is 17.0. The third kappa shape index (κ3) is 9.33. The summed E-state index contributed by atoms with van der Waals surface area (Å²) in [5.74, 6) is -1.28. The first-order chi connectivity index (χ1) is 23.2. The Labute approximate surface area is 287 Å². The molecule has 0 radical (unpaired) electrons. The van der Waals surface area contributed by atoms with E-state index in [1.807, 2.05) is 26.0 Å². The second kappa shape index (κ2) is 15.5. The molecule has 4 amide bonds. The zero-order valence-corrected chi connectivity index (χ0v) is 28.8. The highest BCUT2D eigenvalue weighted by molar-refractivity contribution is 6.13. The van der Waals surface area contributed by atoms with Gasteiger partial charge >= 0.3 is 5.97 Å². The van der Waals surface area contributed by atoms with Gasteiger partial charge in [0.15, 0.2) is 0 Å². The molecule has 13 heteroatoms. The van der Waals surface area contributed by atoms with Crippen molar-refractivity contribution in [3.63, 3.8) is 0 Å². The van der Waals surface area contributed by atoms with Crippen LogP contribution in [0.3, 0.4) is 0 Å². The molecule has 3 N–H and O–H groups in total. The smallest absolute Gasteiger partial charge is 0.303 e. The number of aliphatic hydroxyl groups excluding tert-OH is 1. The van der Waals surface area contributed by atoms with Crippen molar-refractivity contribution in [2.24, 2.45) is 5.92 Å². The molecule has 5 aliphatic rings. The van der Waals surface area contributed by atoms with E-state index >= 15 is 0 Å². The maximum absolute atomic E-state index is 12.9. The van der Waals surface area contributed by atoms with Crippen molar-refractivity contribution in [2.75, 3.05) is 6.61 Å². The lowest BCUT2D eigenvalue weighted by atomic mass is 9.84. The molecule has 1 saturated carbocycles. The Morgan fingerprint density at radius 1 is 1.08 bits per heavy atom. The maximum atomic E-state index is 12.9. The summed E-state index contributed by atoms with van der Waals surface area (Å²) < 4.78 is 23.2. The third-order valence-corrected chi connectivity index (χ3v) is 10.0. The van der Waals surface area contributed by atoms with Crippen LogP contribution < -0.4 is 10.6 Å². The molecule has 0 bridgehead atoms. The minimum atomic E-state index is -0.859. The molecular weight excluding hydrogens is 634 g/mol. The Kier molecular flexibility index (Phi) is 11.6. The number of nitrogens with zero attached hydrogens (tertiary/aromatic N) is 1. The molecule has 1 aliphatic carbocycles. The Balaban J connectivity index is 1.07. The van der Waals surface area contributed by atoms with Crippen molar-refractivity contribution in [3.8, 4) is 0 Å². The van der Waals surface area contributed by atoms with Crippen LogP contribution in [0.1, 0.15) is 73.1 Å². The first kappa shape index (κ1) is 36.6. The molecule has 4 heterocycles. The van der Waals surface area contributed by atoms with E-state index < -0.39 is 36.0 Å². The first-order valence-corrected chi connectivity index (χ1v) is 17.2. The number of rotatable bonds is 12. The van der Waals surface area contributed by atoms with Crippen LogP contribution in [0.25, 0.3) is 0 Å². The number of ether oxygens (including phenoxy) is 4. The average Bonchev–Trinajstić information content (AvgIpc) is 3.71. The Bertz CT molecular complexity index is 1390. The highest BCUT2D eigenvalue weighted by atomic mass is 16.6. The number of aliphatic hydroxyl groups is 1. The van der Waals surface area contributed by atoms with Gasteiger partial charge in [-0.3, -0.25) is 28.9 Å². The zero-order valence-electron chi connectivity index (χ0n) is 28.8. The molecule has 3 saturated heterocycles. The third-order valence-electron chi connectivity index (χ3n) is 10.0. The number of amides is 4. The number of carbonyl (C=O) groups is 5. The van der Waals surface area contributed by atoms with Gasteiger partial charge in [-0.1, -0.05) is 30.7 Å². The lowest BCUT2D eigenvalue weighted by Gasteiger charge is -2.41. The van der Waals surface area contributed by atoms with Gasteiger partial charge in [0.05, 0.1) is 37.4 Å². The number of hydrogen-bond donors (Lipinski definition) is 3. The van der Waals surface area contributed by atoms with Crippen LogP contribution in [0.4, 0.5) is 0 Å². The second-order valence-corrected chi connectivity index (χ2v) is 14.1. The van der Waals surface area contributed by atoms with Gasteiger partial charge < -0.3 is 34.7 Å². The number of allylic oxidation sites excluding steroid dienone is 2. The summed E-state index contributed by atoms with van der Waals surface area (Å²) in [6, 6.07) is -0.462. The number of carbonyl (C=O) groups excluding carboxylic acids is 5. The molecule has 4 aliphatic heterocycles. The fraction of sp³-hybridized carbons (Fsp3) is 0.639. The molecule has 4 fully saturated rings. The minimum Gasteiger partial charge on any atom is -0.459 e. The van der Waals surface area contributed by atoms with Gasteiger partial charge in [0.25, 0.3) is 11.8 Å². The molecule has 5 rings (SSSR count). The van der Waals surface area contributed by atoms with Gasteiger partial charge in [0, 0.05) is 43.7 Å². The van der Waals surface area contributed by atoms with Gasteiger partial charge in [-0.05, 0) is 58.4 Å². The molecule has 0 unspecified atom stereocenters. The number of imide groups is 1. The lowest BCUT2D eigenvalue weighted by Crippen LogP contribution is -2.56. The molecule has 0 aromatic carbocycles. The van der Waals surface area contributed by atoms with Crippen LogP contribution in [0.5, 0.6) is 0 Å². The van der Waals surface area contributed by atoms with E-state index in [9.17, 15) is 29.1 Å². The zero-order chi connectivity index (χ0) is 35.5. The lowest BCUT2D eigenvalue weighted by molar-refractivity contribution is -0.146. The second-order valence-electron chi connectivity index (χ2n) is 14.1. The highest BCUT2D eigenvalue weighted by Gasteiger charge is 2.58. The first-order valence-electron chi connectivity index (χ1n) is 17.2. The molecule has 9 atom stereocenters.